The van der Waals surface area contributed by atoms with Gasteiger partial charge >= 0.3 is 12.1 Å². The predicted molar refractivity (Wildman–Crippen MR) is 151 cm³/mol. The standard InChI is InChI=1S/C32H34N2O7/c1-21(40-18-22-10-3-2-4-11-22)28(29(35)34-17-9-16-32(39,20-34)30(36)37)33-31(38)41-19-27-25-14-7-5-12-23(25)24-13-6-8-15-26(24)27/h2-8,10-15,21,27-28,39H,9,16-20H2,1H3,(H,33,38)(H,36,37). The number of amides is 2. The molecule has 1 saturated heterocycles. The summed E-state index contributed by atoms with van der Waals surface area (Å²) < 4.78 is 11.7. The molecule has 0 saturated carbocycles. The highest BCUT2D eigenvalue weighted by molar-refractivity contribution is 5.88. The Bertz CT molecular complexity index is 1370. The quantitative estimate of drug-likeness (QED) is 0.363. The van der Waals surface area contributed by atoms with Crippen LogP contribution in [0.3, 0.4) is 0 Å². The largest absolute Gasteiger partial charge is 0.479 e. The average molecular weight is 559 g/mol. The van der Waals surface area contributed by atoms with Crippen LogP contribution in [0.15, 0.2) is 78.9 Å². The van der Waals surface area contributed by atoms with Crippen LogP contribution in [0.25, 0.3) is 11.1 Å². The lowest BCUT2D eigenvalue weighted by Gasteiger charge is -2.38. The number of aliphatic carboxylic acids is 1. The Balaban J connectivity index is 1.30. The Morgan fingerprint density at radius 2 is 1.59 bits per heavy atom. The number of carboxylic acids is 1. The molecule has 1 aliphatic heterocycles. The normalized spacial score (nSPS) is 19.5. The number of hydrogen-bond acceptors (Lipinski definition) is 6. The lowest BCUT2D eigenvalue weighted by atomic mass is 9.92. The van der Waals surface area contributed by atoms with E-state index in [4.69, 9.17) is 9.47 Å². The van der Waals surface area contributed by atoms with Gasteiger partial charge < -0.3 is 29.9 Å². The summed E-state index contributed by atoms with van der Waals surface area (Å²) in [4.78, 5) is 39.7. The molecule has 9 nitrogen and oxygen atoms in total. The molecule has 2 aliphatic rings. The van der Waals surface area contributed by atoms with E-state index in [0.717, 1.165) is 27.8 Å². The van der Waals surface area contributed by atoms with Crippen molar-refractivity contribution >= 4 is 18.0 Å². The number of hydrogen-bond donors (Lipinski definition) is 3. The summed E-state index contributed by atoms with van der Waals surface area (Å²) in [5.41, 5.74) is 3.18. The number of β-amino-alcohol motifs (C(OH)–C–C–N with tert-alkyl or cyclic N) is 1. The summed E-state index contributed by atoms with van der Waals surface area (Å²) in [6.07, 6.45) is -1.21. The predicted octanol–water partition coefficient (Wildman–Crippen LogP) is 3.94. The number of aliphatic hydroxyl groups is 1. The zero-order valence-electron chi connectivity index (χ0n) is 22.9. The highest BCUT2D eigenvalue weighted by Crippen LogP contribution is 2.44. The lowest BCUT2D eigenvalue weighted by molar-refractivity contribution is -0.167. The highest BCUT2D eigenvalue weighted by Gasteiger charge is 2.44. The molecule has 3 atom stereocenters. The average Bonchev–Trinajstić information content (AvgIpc) is 3.31. The van der Waals surface area contributed by atoms with Crippen LogP contribution in [0, 0.1) is 0 Å². The Morgan fingerprint density at radius 1 is 0.976 bits per heavy atom. The summed E-state index contributed by atoms with van der Waals surface area (Å²) in [5, 5.41) is 22.7. The van der Waals surface area contributed by atoms with E-state index in [1.54, 1.807) is 6.92 Å². The fourth-order valence-electron chi connectivity index (χ4n) is 5.64. The molecule has 214 valence electrons. The topological polar surface area (TPSA) is 125 Å². The number of likely N-dealkylation sites (tertiary alicyclic amines) is 1. The summed E-state index contributed by atoms with van der Waals surface area (Å²) in [6.45, 7) is 1.82. The number of ether oxygens (including phenoxy) is 2. The van der Waals surface area contributed by atoms with E-state index >= 15 is 0 Å². The SMILES string of the molecule is CC(OCc1ccccc1)C(NC(=O)OCC1c2ccccc2-c2ccccc21)C(=O)N1CCCC(O)(C(=O)O)C1. The van der Waals surface area contributed by atoms with Crippen LogP contribution in [0.2, 0.25) is 0 Å². The number of carboxylic acid groups (broad SMARTS) is 1. The van der Waals surface area contributed by atoms with Crippen LogP contribution in [0.5, 0.6) is 0 Å². The third-order valence-corrected chi connectivity index (χ3v) is 7.89. The van der Waals surface area contributed by atoms with Gasteiger partial charge in [-0.1, -0.05) is 78.9 Å². The molecule has 0 bridgehead atoms. The van der Waals surface area contributed by atoms with Crippen LogP contribution in [-0.4, -0.2) is 70.5 Å². The highest BCUT2D eigenvalue weighted by atomic mass is 16.5. The molecule has 5 rings (SSSR count). The third-order valence-electron chi connectivity index (χ3n) is 7.89. The second-order valence-electron chi connectivity index (χ2n) is 10.6. The van der Waals surface area contributed by atoms with Crippen molar-refractivity contribution in [3.63, 3.8) is 0 Å². The number of carbonyl (C=O) groups excluding carboxylic acids is 2. The summed E-state index contributed by atoms with van der Waals surface area (Å²) in [7, 11) is 0. The van der Waals surface area contributed by atoms with Gasteiger partial charge in [0.15, 0.2) is 5.60 Å². The van der Waals surface area contributed by atoms with Gasteiger partial charge in [0.2, 0.25) is 5.91 Å². The van der Waals surface area contributed by atoms with Gasteiger partial charge in [-0.3, -0.25) is 4.79 Å². The maximum absolute atomic E-state index is 13.7. The number of rotatable bonds is 9. The number of piperidine rings is 1. The van der Waals surface area contributed by atoms with Crippen LogP contribution in [0.4, 0.5) is 4.79 Å². The van der Waals surface area contributed by atoms with Crippen molar-refractivity contribution in [2.75, 3.05) is 19.7 Å². The molecular formula is C32H34N2O7. The first-order valence-electron chi connectivity index (χ1n) is 13.8. The zero-order valence-corrected chi connectivity index (χ0v) is 22.9. The first kappa shape index (κ1) is 28.3. The number of benzene rings is 3. The first-order chi connectivity index (χ1) is 19.8. The van der Waals surface area contributed by atoms with Crippen molar-refractivity contribution in [1.29, 1.82) is 0 Å². The Kier molecular flexibility index (Phi) is 8.37. The second kappa shape index (κ2) is 12.1. The van der Waals surface area contributed by atoms with Crippen molar-refractivity contribution in [2.45, 2.75) is 50.0 Å². The van der Waals surface area contributed by atoms with Gasteiger partial charge in [-0.2, -0.15) is 0 Å². The summed E-state index contributed by atoms with van der Waals surface area (Å²) in [6, 6.07) is 24.3. The Morgan fingerprint density at radius 3 is 2.22 bits per heavy atom. The maximum atomic E-state index is 13.7. The van der Waals surface area contributed by atoms with E-state index in [1.807, 2.05) is 78.9 Å². The van der Waals surface area contributed by atoms with E-state index < -0.39 is 35.7 Å². The molecule has 2 amide bonds. The minimum absolute atomic E-state index is 0.0383. The van der Waals surface area contributed by atoms with Gasteiger partial charge in [0.25, 0.3) is 0 Å². The fourth-order valence-corrected chi connectivity index (χ4v) is 5.64. The fraction of sp³-hybridized carbons (Fsp3) is 0.344. The van der Waals surface area contributed by atoms with E-state index in [2.05, 4.69) is 5.32 Å². The van der Waals surface area contributed by atoms with Crippen molar-refractivity contribution in [1.82, 2.24) is 10.2 Å². The van der Waals surface area contributed by atoms with Crippen molar-refractivity contribution in [2.24, 2.45) is 0 Å². The molecule has 41 heavy (non-hydrogen) atoms. The molecule has 0 spiro atoms. The van der Waals surface area contributed by atoms with Crippen LogP contribution in [-0.2, 0) is 25.7 Å². The van der Waals surface area contributed by atoms with Crippen LogP contribution in [0.1, 0.15) is 42.4 Å². The first-order valence-corrected chi connectivity index (χ1v) is 13.8. The molecule has 0 radical (unpaired) electrons. The van der Waals surface area contributed by atoms with Crippen LogP contribution < -0.4 is 5.32 Å². The van der Waals surface area contributed by atoms with Crippen molar-refractivity contribution < 1.29 is 34.1 Å². The monoisotopic (exact) mass is 558 g/mol. The Hall–Kier alpha value is -4.21. The van der Waals surface area contributed by atoms with Gasteiger partial charge in [0.1, 0.15) is 12.6 Å². The van der Waals surface area contributed by atoms with E-state index in [9.17, 15) is 24.6 Å². The second-order valence-corrected chi connectivity index (χ2v) is 10.6. The number of carbonyl (C=O) groups is 3. The third kappa shape index (κ3) is 6.11. The van der Waals surface area contributed by atoms with E-state index in [1.165, 1.54) is 4.90 Å². The summed E-state index contributed by atoms with van der Waals surface area (Å²) >= 11 is 0. The number of fused-ring (bicyclic) bond motifs is 3. The van der Waals surface area contributed by atoms with E-state index in [-0.39, 0.29) is 38.6 Å². The maximum Gasteiger partial charge on any atom is 0.407 e. The van der Waals surface area contributed by atoms with Gasteiger partial charge in [0, 0.05) is 12.5 Å². The van der Waals surface area contributed by atoms with Crippen molar-refractivity contribution in [3.05, 3.63) is 95.6 Å². The lowest BCUT2D eigenvalue weighted by Crippen LogP contribution is -2.60. The molecule has 1 fully saturated rings. The van der Waals surface area contributed by atoms with Gasteiger partial charge in [-0.25, -0.2) is 9.59 Å². The molecule has 3 unspecified atom stereocenters. The molecule has 0 aromatic heterocycles. The summed E-state index contributed by atoms with van der Waals surface area (Å²) in [5.74, 6) is -2.08. The number of alkyl carbamates (subject to hydrolysis) is 1. The molecule has 1 aliphatic carbocycles. The molecule has 3 N–H and O–H groups in total. The Labute approximate surface area is 238 Å². The van der Waals surface area contributed by atoms with E-state index in [0.29, 0.717) is 6.42 Å². The van der Waals surface area contributed by atoms with Gasteiger partial charge in [0.05, 0.1) is 19.3 Å². The smallest absolute Gasteiger partial charge is 0.407 e. The minimum Gasteiger partial charge on any atom is -0.479 e. The molecule has 9 heteroatoms. The van der Waals surface area contributed by atoms with Gasteiger partial charge in [-0.05, 0) is 47.6 Å². The molecule has 3 aromatic carbocycles. The number of nitrogens with zero attached hydrogens (tertiary/aromatic N) is 1. The zero-order chi connectivity index (χ0) is 29.0. The molecule has 1 heterocycles. The number of nitrogens with one attached hydrogen (secondary N) is 1. The van der Waals surface area contributed by atoms with Crippen LogP contribution >= 0.6 is 0 Å². The van der Waals surface area contributed by atoms with Gasteiger partial charge in [-0.15, -0.1) is 0 Å². The molecular weight excluding hydrogens is 524 g/mol. The van der Waals surface area contributed by atoms with Crippen molar-refractivity contribution in [3.8, 4) is 11.1 Å². The molecule has 3 aromatic rings. The minimum atomic E-state index is -2.05.